The van der Waals surface area contributed by atoms with Gasteiger partial charge in [0.05, 0.1) is 27.2 Å². The van der Waals surface area contributed by atoms with Crippen molar-refractivity contribution in [3.63, 3.8) is 0 Å². The molecule has 5 aromatic rings. The van der Waals surface area contributed by atoms with Gasteiger partial charge in [-0.05, 0) is 41.0 Å². The lowest BCUT2D eigenvalue weighted by Crippen LogP contribution is -2.40. The van der Waals surface area contributed by atoms with E-state index in [2.05, 4.69) is 26.2 Å². The zero-order chi connectivity index (χ0) is 36.1. The molecule has 1 fully saturated rings. The second-order valence-electron chi connectivity index (χ2n) is 12.2. The average molecular weight is 694 g/mol. The third-order valence-corrected chi connectivity index (χ3v) is 8.78. The quantitative estimate of drug-likeness (QED) is 0.122. The summed E-state index contributed by atoms with van der Waals surface area (Å²) in [5.41, 5.74) is 0.784. The van der Waals surface area contributed by atoms with E-state index in [0.717, 1.165) is 16.7 Å². The summed E-state index contributed by atoms with van der Waals surface area (Å²) in [7, 11) is 3.20. The van der Waals surface area contributed by atoms with Gasteiger partial charge in [-0.25, -0.2) is 4.98 Å². The van der Waals surface area contributed by atoms with Gasteiger partial charge in [0.15, 0.2) is 17.4 Å². The largest absolute Gasteiger partial charge is 0.497 e. The molecular formula is C38H39N5O8. The van der Waals surface area contributed by atoms with E-state index in [-0.39, 0.29) is 42.2 Å². The number of aliphatic hydroxyl groups excluding tert-OH is 1. The highest BCUT2D eigenvalue weighted by Gasteiger charge is 2.48. The summed E-state index contributed by atoms with van der Waals surface area (Å²) in [4.78, 5) is 36.6. The Morgan fingerprint density at radius 1 is 1.02 bits per heavy atom. The number of H-pyrrole nitrogens is 1. The summed E-state index contributed by atoms with van der Waals surface area (Å²) in [5.74, 6) is 3.04. The van der Waals surface area contributed by atoms with Gasteiger partial charge in [-0.2, -0.15) is 4.98 Å². The number of carbonyl (C=O) groups is 1. The van der Waals surface area contributed by atoms with Crippen LogP contribution in [0.3, 0.4) is 0 Å². The second-order valence-corrected chi connectivity index (χ2v) is 12.2. The lowest BCUT2D eigenvalue weighted by Gasteiger charge is -2.37. The van der Waals surface area contributed by atoms with Crippen molar-refractivity contribution in [2.45, 2.75) is 44.0 Å². The Morgan fingerprint density at radius 3 is 2.20 bits per heavy atom. The van der Waals surface area contributed by atoms with Gasteiger partial charge in [-0.3, -0.25) is 24.5 Å². The van der Waals surface area contributed by atoms with E-state index in [4.69, 9.17) is 30.1 Å². The van der Waals surface area contributed by atoms with Gasteiger partial charge in [0.2, 0.25) is 11.9 Å². The summed E-state index contributed by atoms with van der Waals surface area (Å²) < 4.78 is 31.8. The van der Waals surface area contributed by atoms with Crippen LogP contribution in [0.25, 0.3) is 11.2 Å². The molecule has 1 aliphatic heterocycles. The number of anilines is 1. The number of aromatic nitrogens is 4. The summed E-state index contributed by atoms with van der Waals surface area (Å²) in [6, 6.07) is 24.9. The number of methoxy groups -OCH3 is 2. The molecule has 2 aromatic heterocycles. The van der Waals surface area contributed by atoms with Crippen LogP contribution in [0, 0.1) is 18.3 Å². The molecule has 1 aliphatic rings. The van der Waals surface area contributed by atoms with Crippen LogP contribution in [-0.2, 0) is 24.6 Å². The van der Waals surface area contributed by atoms with Gasteiger partial charge in [0.25, 0.3) is 5.56 Å². The first-order valence-electron chi connectivity index (χ1n) is 16.3. The Bertz CT molecular complexity index is 2010. The number of fused-ring (bicyclic) bond motifs is 1. The number of aliphatic hydroxyl groups is 1. The third kappa shape index (κ3) is 6.95. The second kappa shape index (κ2) is 15.2. The molecule has 4 unspecified atom stereocenters. The molecule has 264 valence electrons. The molecule has 6 rings (SSSR count). The van der Waals surface area contributed by atoms with E-state index in [9.17, 15) is 14.7 Å². The van der Waals surface area contributed by atoms with Crippen molar-refractivity contribution in [2.75, 3.05) is 32.8 Å². The van der Waals surface area contributed by atoms with Crippen molar-refractivity contribution in [1.82, 2.24) is 19.5 Å². The molecule has 1 amide bonds. The summed E-state index contributed by atoms with van der Waals surface area (Å²) in [5, 5.41) is 14.4. The fourth-order valence-corrected chi connectivity index (χ4v) is 6.12. The zero-order valence-corrected chi connectivity index (χ0v) is 28.6. The Kier molecular flexibility index (Phi) is 10.5. The molecular weight excluding hydrogens is 654 g/mol. The number of aromatic amines is 1. The van der Waals surface area contributed by atoms with Crippen molar-refractivity contribution in [1.29, 1.82) is 0 Å². The minimum absolute atomic E-state index is 0.00754. The number of benzene rings is 3. The molecule has 0 aliphatic carbocycles. The normalized spacial score (nSPS) is 18.8. The molecule has 13 heteroatoms. The number of nitrogens with zero attached hydrogens (tertiary/aromatic N) is 3. The minimum atomic E-state index is -1.23. The molecule has 0 spiro atoms. The number of imidazole rings is 1. The number of ether oxygens (including phenoxy) is 5. The summed E-state index contributed by atoms with van der Waals surface area (Å²) >= 11 is 0. The monoisotopic (exact) mass is 693 g/mol. The van der Waals surface area contributed by atoms with E-state index in [1.54, 1.807) is 28.1 Å². The highest BCUT2D eigenvalue weighted by molar-refractivity contribution is 5.91. The minimum Gasteiger partial charge on any atom is -0.497 e. The SMILES string of the molecule is C#CCOC1C(O)C(COC(c2ccccc2)(c2ccc(OC)cc2)c2ccc(OC)cc2)OC1n1cnc2c(=O)[nH]c(NC(=O)C(C)C)nc21. The van der Waals surface area contributed by atoms with Gasteiger partial charge in [0.1, 0.15) is 42.0 Å². The summed E-state index contributed by atoms with van der Waals surface area (Å²) in [6.45, 7) is 3.19. The van der Waals surface area contributed by atoms with Crippen molar-refractivity contribution in [3.05, 3.63) is 112 Å². The lowest BCUT2D eigenvalue weighted by atomic mass is 9.80. The van der Waals surface area contributed by atoms with Gasteiger partial charge >= 0.3 is 0 Å². The van der Waals surface area contributed by atoms with Crippen LogP contribution in [-0.4, -0.2) is 76.3 Å². The molecule has 3 N–H and O–H groups in total. The third-order valence-electron chi connectivity index (χ3n) is 8.78. The maximum absolute atomic E-state index is 13.0. The van der Waals surface area contributed by atoms with Crippen LogP contribution in [0.1, 0.15) is 36.8 Å². The Balaban J connectivity index is 1.40. The van der Waals surface area contributed by atoms with Crippen LogP contribution < -0.4 is 20.3 Å². The molecule has 0 radical (unpaired) electrons. The fraction of sp³-hybridized carbons (Fsp3) is 0.316. The zero-order valence-electron chi connectivity index (χ0n) is 28.6. The number of carbonyl (C=O) groups excluding carboxylic acids is 1. The van der Waals surface area contributed by atoms with E-state index in [1.807, 2.05) is 78.9 Å². The number of amides is 1. The molecule has 4 atom stereocenters. The van der Waals surface area contributed by atoms with E-state index >= 15 is 0 Å². The molecule has 0 saturated carbocycles. The molecule has 1 saturated heterocycles. The van der Waals surface area contributed by atoms with Gasteiger partial charge in [-0.15, -0.1) is 6.42 Å². The molecule has 13 nitrogen and oxygen atoms in total. The van der Waals surface area contributed by atoms with E-state index < -0.39 is 35.7 Å². The van der Waals surface area contributed by atoms with Gasteiger partial charge < -0.3 is 28.8 Å². The Morgan fingerprint density at radius 2 is 1.63 bits per heavy atom. The maximum atomic E-state index is 13.0. The first-order valence-corrected chi connectivity index (χ1v) is 16.3. The van der Waals surface area contributed by atoms with Gasteiger partial charge in [0, 0.05) is 5.92 Å². The Labute approximate surface area is 294 Å². The standard InChI is InChI=1S/C38H39N5O8/c1-6-20-49-32-31(44)29(51-36(32)43-22-39-30-33(43)40-37(42-35(30)46)41-34(45)23(2)3)21-50-38(24-10-8-7-9-11-24,25-12-16-27(47-4)17-13-25)26-14-18-28(48-5)19-15-26/h1,7-19,22-23,29,31-32,36,44H,20-21H2,2-5H3,(H2,40,41,42,45,46). The number of hydrogen-bond acceptors (Lipinski definition) is 10. The maximum Gasteiger partial charge on any atom is 0.280 e. The molecule has 51 heavy (non-hydrogen) atoms. The van der Waals surface area contributed by atoms with Crippen molar-refractivity contribution >= 4 is 23.0 Å². The first-order chi connectivity index (χ1) is 24.7. The molecule has 0 bridgehead atoms. The van der Waals surface area contributed by atoms with Crippen LogP contribution in [0.4, 0.5) is 5.95 Å². The number of hydrogen-bond donors (Lipinski definition) is 3. The van der Waals surface area contributed by atoms with Crippen molar-refractivity contribution < 1.29 is 33.6 Å². The summed E-state index contributed by atoms with van der Waals surface area (Å²) in [6.07, 6.45) is 2.71. The van der Waals surface area contributed by atoms with Crippen LogP contribution in [0.15, 0.2) is 90.0 Å². The highest BCUT2D eigenvalue weighted by Crippen LogP contribution is 2.43. The predicted octanol–water partition coefficient (Wildman–Crippen LogP) is 4.02. The Hall–Kier alpha value is -5.52. The smallest absolute Gasteiger partial charge is 0.280 e. The first kappa shape index (κ1) is 35.3. The molecule has 3 aromatic carbocycles. The van der Waals surface area contributed by atoms with E-state index in [1.165, 1.54) is 10.9 Å². The fourth-order valence-electron chi connectivity index (χ4n) is 6.12. The average Bonchev–Trinajstić information content (AvgIpc) is 3.72. The van der Waals surface area contributed by atoms with Crippen LogP contribution >= 0.6 is 0 Å². The van der Waals surface area contributed by atoms with Crippen LogP contribution in [0.5, 0.6) is 11.5 Å². The lowest BCUT2D eigenvalue weighted by molar-refractivity contribution is -0.118. The highest BCUT2D eigenvalue weighted by atomic mass is 16.6. The number of rotatable bonds is 13. The predicted molar refractivity (Wildman–Crippen MR) is 188 cm³/mol. The van der Waals surface area contributed by atoms with E-state index in [0.29, 0.717) is 11.5 Å². The number of terminal acetylenes is 1. The topological polar surface area (TPSA) is 159 Å². The molecule has 3 heterocycles. The van der Waals surface area contributed by atoms with Crippen LogP contribution in [0.2, 0.25) is 0 Å². The van der Waals surface area contributed by atoms with Crippen molar-refractivity contribution in [2.24, 2.45) is 5.92 Å². The number of nitrogens with one attached hydrogen (secondary N) is 2. The van der Waals surface area contributed by atoms with Crippen molar-refractivity contribution in [3.8, 4) is 23.8 Å². The van der Waals surface area contributed by atoms with Gasteiger partial charge in [-0.1, -0.05) is 74.4 Å².